The number of amides is 1. The van der Waals surface area contributed by atoms with E-state index in [9.17, 15) is 4.79 Å². The van der Waals surface area contributed by atoms with Gasteiger partial charge in [0.05, 0.1) is 6.10 Å². The molecule has 0 radical (unpaired) electrons. The maximum absolute atomic E-state index is 12.1. The molecule has 1 amide bonds. The van der Waals surface area contributed by atoms with E-state index in [-0.39, 0.29) is 24.7 Å². The van der Waals surface area contributed by atoms with Crippen molar-refractivity contribution in [2.24, 2.45) is 5.92 Å². The van der Waals surface area contributed by atoms with Crippen LogP contribution < -0.4 is 10.2 Å². The molecule has 6 heteroatoms. The van der Waals surface area contributed by atoms with Gasteiger partial charge in [0.1, 0.15) is 6.61 Å². The normalized spacial score (nSPS) is 25.5. The summed E-state index contributed by atoms with van der Waals surface area (Å²) in [4.78, 5) is 22.9. The fourth-order valence-electron chi connectivity index (χ4n) is 3.66. The van der Waals surface area contributed by atoms with Gasteiger partial charge in [-0.05, 0) is 37.7 Å². The van der Waals surface area contributed by atoms with Gasteiger partial charge in [0.15, 0.2) is 0 Å². The largest absolute Gasteiger partial charge is 0.368 e. The minimum Gasteiger partial charge on any atom is -0.368 e. The highest BCUT2D eigenvalue weighted by atomic mass is 16.5. The number of aromatic nitrogens is 2. The molecule has 1 aromatic rings. The number of piperidine rings is 1. The lowest BCUT2D eigenvalue weighted by Crippen LogP contribution is -2.46. The predicted molar refractivity (Wildman–Crippen MR) is 92.8 cm³/mol. The molecule has 24 heavy (non-hydrogen) atoms. The molecule has 1 N–H and O–H groups in total. The second kappa shape index (κ2) is 8.42. The Morgan fingerprint density at radius 2 is 1.92 bits per heavy atom. The van der Waals surface area contributed by atoms with Crippen LogP contribution in [-0.2, 0) is 9.53 Å². The van der Waals surface area contributed by atoms with E-state index in [0.29, 0.717) is 5.92 Å². The Morgan fingerprint density at radius 1 is 1.21 bits per heavy atom. The average molecular weight is 332 g/mol. The SMILES string of the molecule is C[C@@H]1CCCC[C@@H]1OCC(=O)NC1CCN(c2ncccn2)CC1. The predicted octanol–water partition coefficient (Wildman–Crippen LogP) is 2.16. The molecular formula is C18H28N4O2. The van der Waals surface area contributed by atoms with Gasteiger partial charge in [0, 0.05) is 31.5 Å². The number of carbonyl (C=O) groups is 1. The van der Waals surface area contributed by atoms with Crippen LogP contribution in [0.3, 0.4) is 0 Å². The molecular weight excluding hydrogens is 304 g/mol. The second-order valence-corrected chi connectivity index (χ2v) is 6.99. The summed E-state index contributed by atoms with van der Waals surface area (Å²) in [5, 5.41) is 3.11. The summed E-state index contributed by atoms with van der Waals surface area (Å²) in [5.74, 6) is 1.36. The van der Waals surface area contributed by atoms with Crippen molar-refractivity contribution in [2.75, 3.05) is 24.6 Å². The van der Waals surface area contributed by atoms with E-state index in [1.165, 1.54) is 19.3 Å². The Morgan fingerprint density at radius 3 is 2.62 bits per heavy atom. The van der Waals surface area contributed by atoms with Gasteiger partial charge in [-0.1, -0.05) is 19.8 Å². The lowest BCUT2D eigenvalue weighted by molar-refractivity contribution is -0.130. The van der Waals surface area contributed by atoms with E-state index in [4.69, 9.17) is 4.74 Å². The summed E-state index contributed by atoms with van der Waals surface area (Å²) >= 11 is 0. The highest BCUT2D eigenvalue weighted by Gasteiger charge is 2.25. The van der Waals surface area contributed by atoms with Crippen molar-refractivity contribution in [3.05, 3.63) is 18.5 Å². The lowest BCUT2D eigenvalue weighted by atomic mass is 9.88. The first-order valence-electron chi connectivity index (χ1n) is 9.15. The number of hydrogen-bond donors (Lipinski definition) is 1. The number of hydrogen-bond acceptors (Lipinski definition) is 5. The first kappa shape index (κ1) is 17.1. The molecule has 2 fully saturated rings. The van der Waals surface area contributed by atoms with Gasteiger partial charge in [0.25, 0.3) is 0 Å². The van der Waals surface area contributed by atoms with Gasteiger partial charge < -0.3 is 15.0 Å². The van der Waals surface area contributed by atoms with Crippen molar-refractivity contribution in [2.45, 2.75) is 57.6 Å². The van der Waals surface area contributed by atoms with Crippen LogP contribution >= 0.6 is 0 Å². The van der Waals surface area contributed by atoms with Crippen LogP contribution in [0.1, 0.15) is 45.4 Å². The number of anilines is 1. The molecule has 1 saturated carbocycles. The molecule has 3 rings (SSSR count). The van der Waals surface area contributed by atoms with E-state index in [0.717, 1.165) is 38.3 Å². The third-order valence-corrected chi connectivity index (χ3v) is 5.16. The Labute approximate surface area is 144 Å². The van der Waals surface area contributed by atoms with Gasteiger partial charge >= 0.3 is 0 Å². The van der Waals surface area contributed by atoms with Crippen molar-refractivity contribution in [3.63, 3.8) is 0 Å². The zero-order chi connectivity index (χ0) is 16.8. The van der Waals surface area contributed by atoms with Crippen LogP contribution in [-0.4, -0.2) is 47.7 Å². The Hall–Kier alpha value is -1.69. The van der Waals surface area contributed by atoms with E-state index >= 15 is 0 Å². The monoisotopic (exact) mass is 332 g/mol. The Bertz CT molecular complexity index is 517. The van der Waals surface area contributed by atoms with Crippen molar-refractivity contribution < 1.29 is 9.53 Å². The molecule has 2 aliphatic rings. The number of carbonyl (C=O) groups excluding carboxylic acids is 1. The minimum atomic E-state index is 0.0159. The molecule has 0 spiro atoms. The summed E-state index contributed by atoms with van der Waals surface area (Å²) in [6.07, 6.45) is 10.4. The fourth-order valence-corrected chi connectivity index (χ4v) is 3.66. The third-order valence-electron chi connectivity index (χ3n) is 5.16. The molecule has 1 aliphatic heterocycles. The molecule has 6 nitrogen and oxygen atoms in total. The quantitative estimate of drug-likeness (QED) is 0.895. The maximum atomic E-state index is 12.1. The van der Waals surface area contributed by atoms with Gasteiger partial charge in [-0.25, -0.2) is 9.97 Å². The number of ether oxygens (including phenoxy) is 1. The molecule has 132 valence electrons. The van der Waals surface area contributed by atoms with Crippen LogP contribution in [0.15, 0.2) is 18.5 Å². The van der Waals surface area contributed by atoms with Crippen LogP contribution in [0.25, 0.3) is 0 Å². The molecule has 2 heterocycles. The molecule has 1 aromatic heterocycles. The van der Waals surface area contributed by atoms with Gasteiger partial charge in [-0.3, -0.25) is 4.79 Å². The highest BCUT2D eigenvalue weighted by molar-refractivity contribution is 5.77. The topological polar surface area (TPSA) is 67.3 Å². The fraction of sp³-hybridized carbons (Fsp3) is 0.722. The zero-order valence-corrected chi connectivity index (χ0v) is 14.5. The second-order valence-electron chi connectivity index (χ2n) is 6.99. The van der Waals surface area contributed by atoms with Gasteiger partial charge in [0.2, 0.25) is 11.9 Å². The Kier molecular flexibility index (Phi) is 6.01. The standard InChI is InChI=1S/C18H28N4O2/c1-14-5-2-3-6-16(14)24-13-17(23)21-15-7-11-22(12-8-15)18-19-9-4-10-20-18/h4,9-10,14-16H,2-3,5-8,11-13H2,1H3,(H,21,23)/t14-,16+/m1/s1. The number of nitrogens with one attached hydrogen (secondary N) is 1. The molecule has 1 aliphatic carbocycles. The van der Waals surface area contributed by atoms with Crippen molar-refractivity contribution in [3.8, 4) is 0 Å². The smallest absolute Gasteiger partial charge is 0.246 e. The number of rotatable bonds is 5. The summed E-state index contributed by atoms with van der Waals surface area (Å²) in [7, 11) is 0. The Balaban J connectivity index is 1.37. The summed E-state index contributed by atoms with van der Waals surface area (Å²) in [6.45, 7) is 4.16. The van der Waals surface area contributed by atoms with E-state index in [2.05, 4.69) is 27.1 Å². The van der Waals surface area contributed by atoms with E-state index in [1.807, 2.05) is 6.07 Å². The van der Waals surface area contributed by atoms with Crippen molar-refractivity contribution in [1.82, 2.24) is 15.3 Å². The maximum Gasteiger partial charge on any atom is 0.246 e. The summed E-state index contributed by atoms with van der Waals surface area (Å²) < 4.78 is 5.85. The van der Waals surface area contributed by atoms with Crippen molar-refractivity contribution >= 4 is 11.9 Å². The highest BCUT2D eigenvalue weighted by Crippen LogP contribution is 2.26. The minimum absolute atomic E-state index is 0.0159. The van der Waals surface area contributed by atoms with Crippen LogP contribution in [0, 0.1) is 5.92 Å². The average Bonchev–Trinajstić information content (AvgIpc) is 2.62. The molecule has 0 bridgehead atoms. The van der Waals surface area contributed by atoms with Crippen molar-refractivity contribution in [1.29, 1.82) is 0 Å². The summed E-state index contributed by atoms with van der Waals surface area (Å²) in [5.41, 5.74) is 0. The van der Waals surface area contributed by atoms with Crippen LogP contribution in [0.2, 0.25) is 0 Å². The van der Waals surface area contributed by atoms with Gasteiger partial charge in [-0.2, -0.15) is 0 Å². The van der Waals surface area contributed by atoms with E-state index in [1.54, 1.807) is 12.4 Å². The van der Waals surface area contributed by atoms with Gasteiger partial charge in [-0.15, -0.1) is 0 Å². The zero-order valence-electron chi connectivity index (χ0n) is 14.5. The van der Waals surface area contributed by atoms with E-state index < -0.39 is 0 Å². The lowest BCUT2D eigenvalue weighted by Gasteiger charge is -2.32. The molecule has 0 unspecified atom stereocenters. The number of nitrogens with zero attached hydrogens (tertiary/aromatic N) is 3. The first-order valence-corrected chi connectivity index (χ1v) is 9.15. The molecule has 1 saturated heterocycles. The summed E-state index contributed by atoms with van der Waals surface area (Å²) in [6, 6.07) is 2.05. The third kappa shape index (κ3) is 4.66. The first-order chi connectivity index (χ1) is 11.7. The van der Waals surface area contributed by atoms with Crippen LogP contribution in [0.5, 0.6) is 0 Å². The molecule has 0 aromatic carbocycles. The molecule has 2 atom stereocenters. The van der Waals surface area contributed by atoms with Crippen LogP contribution in [0.4, 0.5) is 5.95 Å².